The van der Waals surface area contributed by atoms with Gasteiger partial charge in [-0.3, -0.25) is 9.10 Å². The molecule has 1 amide bonds. The molecule has 2 aromatic carbocycles. The number of hydrazone groups is 1. The molecule has 1 N–H and O–H groups in total. The van der Waals surface area contributed by atoms with Crippen LogP contribution in [0.1, 0.15) is 11.1 Å². The van der Waals surface area contributed by atoms with Crippen LogP contribution in [-0.2, 0) is 21.0 Å². The van der Waals surface area contributed by atoms with Crippen LogP contribution in [0.3, 0.4) is 0 Å². The van der Waals surface area contributed by atoms with Gasteiger partial charge in [0.05, 0.1) is 28.7 Å². The van der Waals surface area contributed by atoms with Gasteiger partial charge in [0.25, 0.3) is 5.91 Å². The quantitative estimate of drug-likeness (QED) is 0.495. The summed E-state index contributed by atoms with van der Waals surface area (Å²) in [5.41, 5.74) is 1.05. The van der Waals surface area contributed by atoms with Gasteiger partial charge in [0, 0.05) is 5.56 Å². The molecule has 0 aliphatic carbocycles. The van der Waals surface area contributed by atoms with Crippen LogP contribution in [-0.4, -0.2) is 46.6 Å². The zero-order chi connectivity index (χ0) is 23.5. The molecule has 0 spiro atoms. The molecule has 3 rings (SSSR count). The van der Waals surface area contributed by atoms with Crippen molar-refractivity contribution in [2.24, 2.45) is 5.10 Å². The van der Waals surface area contributed by atoms with Gasteiger partial charge in [-0.1, -0.05) is 17.7 Å². The number of hydrogen-bond donors (Lipinski definition) is 1. The molecule has 8 nitrogen and oxygen atoms in total. The summed E-state index contributed by atoms with van der Waals surface area (Å²) in [4.78, 5) is 12.3. The molecule has 0 radical (unpaired) electrons. The van der Waals surface area contributed by atoms with Crippen molar-refractivity contribution in [3.8, 4) is 11.5 Å². The minimum absolute atomic E-state index is 0.271. The fourth-order valence-corrected chi connectivity index (χ4v) is 3.93. The largest absolute Gasteiger partial charge is 0.486 e. The number of carbonyl (C=O) groups is 1. The normalized spacial score (nSPS) is 13.8. The van der Waals surface area contributed by atoms with Gasteiger partial charge in [0.1, 0.15) is 19.8 Å². The van der Waals surface area contributed by atoms with E-state index in [1.165, 1.54) is 6.21 Å². The number of sulfonamides is 1. The van der Waals surface area contributed by atoms with Gasteiger partial charge in [0.2, 0.25) is 10.0 Å². The summed E-state index contributed by atoms with van der Waals surface area (Å²) < 4.78 is 74.9. The molecular formula is C19H17ClF3N3O5S. The van der Waals surface area contributed by atoms with Gasteiger partial charge < -0.3 is 9.47 Å². The van der Waals surface area contributed by atoms with Crippen molar-refractivity contribution in [3.63, 3.8) is 0 Å². The van der Waals surface area contributed by atoms with E-state index in [-0.39, 0.29) is 5.02 Å². The SMILES string of the molecule is CS(=O)(=O)N(CC(=O)N/N=C\c1cccc2c1OCCO2)c1cc(C(F)(F)F)ccc1Cl. The standard InChI is InChI=1S/C19H17ClF3N3O5S/c1-32(28,29)26(15-9-13(19(21,22)23)5-6-14(15)20)11-17(27)25-24-10-12-3-2-4-16-18(12)31-8-7-30-16/h2-6,9-10H,7-8,11H2,1H3,(H,25,27)/b24-10-. The minimum atomic E-state index is -4.73. The lowest BCUT2D eigenvalue weighted by Crippen LogP contribution is -2.39. The Morgan fingerprint density at radius 2 is 1.97 bits per heavy atom. The van der Waals surface area contributed by atoms with E-state index in [1.807, 2.05) is 0 Å². The second kappa shape index (κ2) is 9.25. The van der Waals surface area contributed by atoms with Crippen LogP contribution in [0.2, 0.25) is 5.02 Å². The summed E-state index contributed by atoms with van der Waals surface area (Å²) in [6.45, 7) is -0.112. The maximum Gasteiger partial charge on any atom is 0.416 e. The first-order valence-electron chi connectivity index (χ1n) is 9.02. The lowest BCUT2D eigenvalue weighted by Gasteiger charge is -2.23. The maximum absolute atomic E-state index is 13.0. The molecule has 0 unspecified atom stereocenters. The van der Waals surface area contributed by atoms with Gasteiger partial charge in [-0.15, -0.1) is 0 Å². The summed E-state index contributed by atoms with van der Waals surface area (Å²) in [7, 11) is -4.15. The Kier molecular flexibility index (Phi) is 6.84. The molecule has 0 saturated heterocycles. The number of ether oxygens (including phenoxy) is 2. The molecule has 0 bridgehead atoms. The predicted molar refractivity (Wildman–Crippen MR) is 112 cm³/mol. The van der Waals surface area contributed by atoms with Crippen LogP contribution in [0, 0.1) is 0 Å². The first-order valence-corrected chi connectivity index (χ1v) is 11.2. The molecule has 1 aliphatic rings. The average molecular weight is 492 g/mol. The third-order valence-electron chi connectivity index (χ3n) is 4.22. The van der Waals surface area contributed by atoms with Crippen molar-refractivity contribution in [1.29, 1.82) is 0 Å². The molecule has 0 atom stereocenters. The molecule has 0 aromatic heterocycles. The number of carbonyl (C=O) groups excluding carboxylic acids is 1. The third-order valence-corrected chi connectivity index (χ3v) is 5.67. The number of nitrogens with zero attached hydrogens (tertiary/aromatic N) is 2. The van der Waals surface area contributed by atoms with E-state index in [0.717, 1.165) is 12.3 Å². The molecule has 32 heavy (non-hydrogen) atoms. The van der Waals surface area contributed by atoms with Gasteiger partial charge in [-0.2, -0.15) is 18.3 Å². The van der Waals surface area contributed by atoms with Gasteiger partial charge in [-0.25, -0.2) is 13.8 Å². The van der Waals surface area contributed by atoms with Crippen LogP contribution >= 0.6 is 11.6 Å². The van der Waals surface area contributed by atoms with Crippen molar-refractivity contribution in [2.75, 3.05) is 30.3 Å². The van der Waals surface area contributed by atoms with E-state index in [4.69, 9.17) is 21.1 Å². The fourth-order valence-electron chi connectivity index (χ4n) is 2.80. The topological polar surface area (TPSA) is 97.3 Å². The Balaban J connectivity index is 1.78. The highest BCUT2D eigenvalue weighted by molar-refractivity contribution is 7.92. The zero-order valence-electron chi connectivity index (χ0n) is 16.5. The lowest BCUT2D eigenvalue weighted by atomic mass is 10.2. The highest BCUT2D eigenvalue weighted by Crippen LogP contribution is 2.36. The Bertz CT molecular complexity index is 1160. The van der Waals surface area contributed by atoms with Crippen LogP contribution in [0.25, 0.3) is 0 Å². The Morgan fingerprint density at radius 3 is 2.66 bits per heavy atom. The third kappa shape index (κ3) is 5.62. The number of para-hydroxylation sites is 1. The molecule has 0 fully saturated rings. The van der Waals surface area contributed by atoms with Gasteiger partial charge in [-0.05, 0) is 30.3 Å². The molecule has 2 aromatic rings. The second-order valence-corrected chi connectivity index (χ2v) is 8.91. The predicted octanol–water partition coefficient (Wildman–Crippen LogP) is 3.05. The van der Waals surface area contributed by atoms with E-state index < -0.39 is 39.9 Å². The van der Waals surface area contributed by atoms with Gasteiger partial charge >= 0.3 is 6.18 Å². The van der Waals surface area contributed by atoms with Crippen molar-refractivity contribution >= 4 is 39.4 Å². The van der Waals surface area contributed by atoms with Crippen LogP contribution in [0.4, 0.5) is 18.9 Å². The van der Waals surface area contributed by atoms with E-state index in [0.29, 0.717) is 46.7 Å². The lowest BCUT2D eigenvalue weighted by molar-refractivity contribution is -0.137. The molecule has 172 valence electrons. The van der Waals surface area contributed by atoms with Gasteiger partial charge in [0.15, 0.2) is 11.5 Å². The fraction of sp³-hybridized carbons (Fsp3) is 0.263. The van der Waals surface area contributed by atoms with E-state index in [1.54, 1.807) is 18.2 Å². The highest BCUT2D eigenvalue weighted by atomic mass is 35.5. The number of amides is 1. The van der Waals surface area contributed by atoms with Crippen LogP contribution in [0.5, 0.6) is 11.5 Å². The average Bonchev–Trinajstić information content (AvgIpc) is 2.71. The summed E-state index contributed by atoms with van der Waals surface area (Å²) in [5, 5.41) is 3.49. The number of hydrogen-bond acceptors (Lipinski definition) is 6. The zero-order valence-corrected chi connectivity index (χ0v) is 18.1. The summed E-state index contributed by atoms with van der Waals surface area (Å²) in [6.07, 6.45) is -2.71. The van der Waals surface area contributed by atoms with Crippen LogP contribution in [0.15, 0.2) is 41.5 Å². The van der Waals surface area contributed by atoms with E-state index in [2.05, 4.69) is 10.5 Å². The number of nitrogens with one attached hydrogen (secondary N) is 1. The number of alkyl halides is 3. The van der Waals surface area contributed by atoms with Crippen molar-refractivity contribution < 1.29 is 35.9 Å². The summed E-state index contributed by atoms with van der Waals surface area (Å²) >= 11 is 5.92. The first-order chi connectivity index (χ1) is 15.0. The number of rotatable bonds is 6. The summed E-state index contributed by atoms with van der Waals surface area (Å²) in [5.74, 6) is 0.0429. The van der Waals surface area contributed by atoms with E-state index >= 15 is 0 Å². The van der Waals surface area contributed by atoms with Crippen molar-refractivity contribution in [3.05, 3.63) is 52.5 Å². The molecular weight excluding hydrogens is 475 g/mol. The van der Waals surface area contributed by atoms with Crippen molar-refractivity contribution in [2.45, 2.75) is 6.18 Å². The smallest absolute Gasteiger partial charge is 0.416 e. The minimum Gasteiger partial charge on any atom is -0.486 e. The van der Waals surface area contributed by atoms with Crippen LogP contribution < -0.4 is 19.2 Å². The second-order valence-electron chi connectivity index (χ2n) is 6.60. The Hall–Kier alpha value is -2.99. The number of benzene rings is 2. The molecule has 1 heterocycles. The highest BCUT2D eigenvalue weighted by Gasteiger charge is 2.33. The molecule has 1 aliphatic heterocycles. The van der Waals surface area contributed by atoms with Crippen molar-refractivity contribution in [1.82, 2.24) is 5.43 Å². The summed E-state index contributed by atoms with van der Waals surface area (Å²) in [6, 6.07) is 7.24. The number of halogens is 4. The molecule has 0 saturated carbocycles. The first kappa shape index (κ1) is 23.7. The number of anilines is 1. The number of fused-ring (bicyclic) bond motifs is 1. The Morgan fingerprint density at radius 1 is 1.25 bits per heavy atom. The molecule has 13 heteroatoms. The maximum atomic E-state index is 13.0. The monoisotopic (exact) mass is 491 g/mol. The Labute approximate surface area is 186 Å². The van der Waals surface area contributed by atoms with E-state index in [9.17, 15) is 26.4 Å².